The molecule has 78 valence electrons. The lowest BCUT2D eigenvalue weighted by molar-refractivity contribution is 0.0983. The minimum absolute atomic E-state index is 0.289. The third-order valence-electron chi connectivity index (χ3n) is 2.14. The van der Waals surface area contributed by atoms with E-state index in [0.717, 1.165) is 22.2 Å². The third-order valence-corrected chi connectivity index (χ3v) is 4.32. The molecule has 0 aliphatic carbocycles. The van der Waals surface area contributed by atoms with Crippen molar-refractivity contribution in [3.8, 4) is 0 Å². The quantitative estimate of drug-likeness (QED) is 0.567. The van der Waals surface area contributed by atoms with Gasteiger partial charge in [0.25, 0.3) is 0 Å². The lowest BCUT2D eigenvalue weighted by Gasteiger charge is -1.95. The van der Waals surface area contributed by atoms with E-state index >= 15 is 0 Å². The number of carbonyl (C=O) groups excluding carboxylic acids is 1. The number of halogens is 1. The summed E-state index contributed by atoms with van der Waals surface area (Å²) in [5, 5.41) is 0. The summed E-state index contributed by atoms with van der Waals surface area (Å²) in [6.45, 7) is 4.17. The van der Waals surface area contributed by atoms with Crippen LogP contribution < -0.4 is 0 Å². The van der Waals surface area contributed by atoms with Gasteiger partial charge in [-0.25, -0.2) is 0 Å². The van der Waals surface area contributed by atoms with Crippen molar-refractivity contribution < 1.29 is 4.79 Å². The molecule has 0 radical (unpaired) electrons. The minimum Gasteiger partial charge on any atom is -0.293 e. The van der Waals surface area contributed by atoms with Gasteiger partial charge < -0.3 is 0 Å². The molecular weight excluding hydrogens is 260 g/mol. The van der Waals surface area contributed by atoms with Crippen LogP contribution in [0.25, 0.3) is 0 Å². The standard InChI is InChI=1S/C11H15BrOS/c1-3-4-5-6-10(13)11-7-9(12)8(2)14-11/h7H,3-6H2,1-2H3. The molecule has 1 rings (SSSR count). The molecule has 0 saturated heterocycles. The number of unbranched alkanes of at least 4 members (excludes halogenated alkanes) is 2. The highest BCUT2D eigenvalue weighted by Gasteiger charge is 2.10. The topological polar surface area (TPSA) is 17.1 Å². The Bertz CT molecular complexity index is 298. The molecule has 0 aliphatic rings. The lowest BCUT2D eigenvalue weighted by Crippen LogP contribution is -1.94. The SMILES string of the molecule is CCCCCC(=O)c1cc(Br)c(C)s1. The molecule has 14 heavy (non-hydrogen) atoms. The van der Waals surface area contributed by atoms with Crippen molar-refractivity contribution >= 4 is 33.0 Å². The van der Waals surface area contributed by atoms with Crippen LogP contribution in [0.1, 0.15) is 47.2 Å². The minimum atomic E-state index is 0.289. The van der Waals surface area contributed by atoms with Crippen molar-refractivity contribution in [2.75, 3.05) is 0 Å². The van der Waals surface area contributed by atoms with Gasteiger partial charge in [-0.3, -0.25) is 4.79 Å². The van der Waals surface area contributed by atoms with Crippen LogP contribution in [-0.4, -0.2) is 5.78 Å². The van der Waals surface area contributed by atoms with Gasteiger partial charge in [0.05, 0.1) is 4.88 Å². The normalized spacial score (nSPS) is 10.5. The van der Waals surface area contributed by atoms with Gasteiger partial charge >= 0.3 is 0 Å². The Morgan fingerprint density at radius 1 is 1.50 bits per heavy atom. The third kappa shape index (κ3) is 3.21. The predicted octanol–water partition coefficient (Wildman–Crippen LogP) is 4.58. The van der Waals surface area contributed by atoms with Crippen LogP contribution in [0.3, 0.4) is 0 Å². The van der Waals surface area contributed by atoms with Crippen LogP contribution in [0, 0.1) is 6.92 Å². The molecule has 0 aromatic carbocycles. The number of rotatable bonds is 5. The van der Waals surface area contributed by atoms with E-state index in [4.69, 9.17) is 0 Å². The Morgan fingerprint density at radius 3 is 2.71 bits per heavy atom. The number of hydrogen-bond donors (Lipinski definition) is 0. The molecule has 1 aromatic rings. The highest BCUT2D eigenvalue weighted by atomic mass is 79.9. The first-order valence-electron chi connectivity index (χ1n) is 4.94. The lowest BCUT2D eigenvalue weighted by atomic mass is 10.1. The molecule has 0 aliphatic heterocycles. The predicted molar refractivity (Wildman–Crippen MR) is 65.2 cm³/mol. The molecule has 1 nitrogen and oxygen atoms in total. The summed E-state index contributed by atoms with van der Waals surface area (Å²) in [4.78, 5) is 13.8. The van der Waals surface area contributed by atoms with Gasteiger partial charge in [-0.2, -0.15) is 0 Å². The van der Waals surface area contributed by atoms with E-state index in [0.29, 0.717) is 6.42 Å². The molecule has 0 atom stereocenters. The van der Waals surface area contributed by atoms with Gasteiger partial charge in [0.2, 0.25) is 0 Å². The van der Waals surface area contributed by atoms with E-state index in [-0.39, 0.29) is 5.78 Å². The van der Waals surface area contributed by atoms with Crippen LogP contribution in [0.2, 0.25) is 0 Å². The van der Waals surface area contributed by atoms with Gasteiger partial charge in [-0.05, 0) is 35.3 Å². The second kappa shape index (κ2) is 5.66. The first-order valence-corrected chi connectivity index (χ1v) is 6.55. The maximum atomic E-state index is 11.7. The Kier molecular flexibility index (Phi) is 4.82. The Hall–Kier alpha value is -0.150. The van der Waals surface area contributed by atoms with Crippen molar-refractivity contribution in [1.82, 2.24) is 0 Å². The first kappa shape index (κ1) is 11.9. The van der Waals surface area contributed by atoms with E-state index in [1.807, 2.05) is 13.0 Å². The molecule has 0 bridgehead atoms. The van der Waals surface area contributed by atoms with Crippen LogP contribution in [-0.2, 0) is 0 Å². The van der Waals surface area contributed by atoms with Gasteiger partial charge in [-0.1, -0.05) is 19.8 Å². The number of aryl methyl sites for hydroxylation is 1. The number of ketones is 1. The van der Waals surface area contributed by atoms with Crippen molar-refractivity contribution in [3.63, 3.8) is 0 Å². The largest absolute Gasteiger partial charge is 0.293 e. The zero-order valence-electron chi connectivity index (χ0n) is 8.60. The molecule has 0 N–H and O–H groups in total. The molecule has 0 unspecified atom stereocenters. The summed E-state index contributed by atoms with van der Waals surface area (Å²) in [7, 11) is 0. The van der Waals surface area contributed by atoms with Crippen LogP contribution in [0.5, 0.6) is 0 Å². The average Bonchev–Trinajstić information content (AvgIpc) is 2.47. The van der Waals surface area contributed by atoms with Gasteiger partial charge in [-0.15, -0.1) is 11.3 Å². The number of thiophene rings is 1. The average molecular weight is 275 g/mol. The van der Waals surface area contributed by atoms with E-state index in [9.17, 15) is 4.79 Å². The van der Waals surface area contributed by atoms with Crippen LogP contribution in [0.15, 0.2) is 10.5 Å². The highest BCUT2D eigenvalue weighted by Crippen LogP contribution is 2.27. The summed E-state index contributed by atoms with van der Waals surface area (Å²) < 4.78 is 1.06. The number of carbonyl (C=O) groups is 1. The molecule has 0 saturated carbocycles. The fourth-order valence-electron chi connectivity index (χ4n) is 1.26. The molecular formula is C11H15BrOS. The van der Waals surface area contributed by atoms with E-state index in [1.54, 1.807) is 11.3 Å². The van der Waals surface area contributed by atoms with E-state index < -0.39 is 0 Å². The van der Waals surface area contributed by atoms with Gasteiger partial charge in [0, 0.05) is 15.8 Å². The highest BCUT2D eigenvalue weighted by molar-refractivity contribution is 9.10. The summed E-state index contributed by atoms with van der Waals surface area (Å²) >= 11 is 5.01. The molecule has 0 spiro atoms. The fraction of sp³-hybridized carbons (Fsp3) is 0.545. The molecule has 0 fully saturated rings. The molecule has 3 heteroatoms. The zero-order chi connectivity index (χ0) is 10.6. The Labute approximate surface area is 97.7 Å². The second-order valence-electron chi connectivity index (χ2n) is 3.40. The van der Waals surface area contributed by atoms with Crippen molar-refractivity contribution in [2.45, 2.75) is 39.5 Å². The summed E-state index contributed by atoms with van der Waals surface area (Å²) in [5.74, 6) is 0.289. The smallest absolute Gasteiger partial charge is 0.172 e. The maximum Gasteiger partial charge on any atom is 0.172 e. The monoisotopic (exact) mass is 274 g/mol. The maximum absolute atomic E-state index is 11.7. The van der Waals surface area contributed by atoms with Crippen LogP contribution >= 0.6 is 27.3 Å². The summed E-state index contributed by atoms with van der Waals surface area (Å²) in [6.07, 6.45) is 4.03. The van der Waals surface area contributed by atoms with Gasteiger partial charge in [0.1, 0.15) is 0 Å². The Morgan fingerprint density at radius 2 is 2.21 bits per heavy atom. The van der Waals surface area contributed by atoms with Gasteiger partial charge in [0.15, 0.2) is 5.78 Å². The second-order valence-corrected chi connectivity index (χ2v) is 5.51. The number of hydrogen-bond acceptors (Lipinski definition) is 2. The van der Waals surface area contributed by atoms with Crippen molar-refractivity contribution in [3.05, 3.63) is 20.3 Å². The van der Waals surface area contributed by atoms with E-state index in [1.165, 1.54) is 11.3 Å². The molecule has 1 heterocycles. The van der Waals surface area contributed by atoms with Crippen LogP contribution in [0.4, 0.5) is 0 Å². The van der Waals surface area contributed by atoms with E-state index in [2.05, 4.69) is 22.9 Å². The van der Waals surface area contributed by atoms with Crippen molar-refractivity contribution in [1.29, 1.82) is 0 Å². The molecule has 0 amide bonds. The fourth-order valence-corrected chi connectivity index (χ4v) is 2.76. The number of Topliss-reactive ketones (excluding diaryl/α,β-unsaturated/α-hetero) is 1. The zero-order valence-corrected chi connectivity index (χ0v) is 11.0. The molecule has 1 aromatic heterocycles. The van der Waals surface area contributed by atoms with Crippen molar-refractivity contribution in [2.24, 2.45) is 0 Å². The first-order chi connectivity index (χ1) is 6.65. The summed E-state index contributed by atoms with van der Waals surface area (Å²) in [6, 6.07) is 1.94. The summed E-state index contributed by atoms with van der Waals surface area (Å²) in [5.41, 5.74) is 0. The Balaban J connectivity index is 2.52.